The Bertz CT molecular complexity index is 346. The highest BCUT2D eigenvalue weighted by Gasteiger charge is 2.15. The molecule has 1 rings (SSSR count). The molecule has 0 N–H and O–H groups in total. The maximum absolute atomic E-state index is 12.5. The monoisotopic (exact) mass is 189 g/mol. The summed E-state index contributed by atoms with van der Waals surface area (Å²) in [6.45, 7) is 0. The summed E-state index contributed by atoms with van der Waals surface area (Å²) in [4.78, 5) is 0. The molecule has 0 aliphatic rings. The van der Waals surface area contributed by atoms with Crippen molar-refractivity contribution >= 4 is 0 Å². The fourth-order valence-corrected chi connectivity index (χ4v) is 0.796. The van der Waals surface area contributed by atoms with Crippen molar-refractivity contribution in [2.24, 2.45) is 0 Å². The number of nitriles is 1. The highest BCUT2D eigenvalue weighted by atomic mass is 19.2. The lowest BCUT2D eigenvalue weighted by Gasteiger charge is -2.01. The van der Waals surface area contributed by atoms with Gasteiger partial charge >= 0.3 is 0 Å². The lowest BCUT2D eigenvalue weighted by Crippen LogP contribution is -1.96. The molecule has 0 saturated carbocycles. The van der Waals surface area contributed by atoms with Crippen LogP contribution in [0.2, 0.25) is 0 Å². The molecular formula is C8H3F4N. The molecule has 0 saturated heterocycles. The summed E-state index contributed by atoms with van der Waals surface area (Å²) in [6.07, 6.45) is -2.15. The molecule has 0 bridgehead atoms. The van der Waals surface area contributed by atoms with Gasteiger partial charge in [-0.2, -0.15) is 5.26 Å². The van der Waals surface area contributed by atoms with Crippen molar-refractivity contribution in [3.63, 3.8) is 0 Å². The molecule has 1 atom stereocenters. The SMILES string of the molecule is N#CC(F)c1cc(F)c(F)c(F)c1. The first kappa shape index (κ1) is 9.52. The molecule has 0 fully saturated rings. The summed E-state index contributed by atoms with van der Waals surface area (Å²) >= 11 is 0. The molecule has 1 aromatic rings. The number of alkyl halides is 1. The molecule has 5 heteroatoms. The van der Waals surface area contributed by atoms with Crippen LogP contribution >= 0.6 is 0 Å². The molecule has 1 unspecified atom stereocenters. The third-order valence-electron chi connectivity index (χ3n) is 1.41. The van der Waals surface area contributed by atoms with E-state index < -0.39 is 29.2 Å². The maximum atomic E-state index is 12.5. The van der Waals surface area contributed by atoms with E-state index in [0.29, 0.717) is 12.1 Å². The largest absolute Gasteiger partial charge is 0.226 e. The summed E-state index contributed by atoms with van der Waals surface area (Å²) in [5.74, 6) is -4.69. The van der Waals surface area contributed by atoms with Gasteiger partial charge in [0.1, 0.15) is 6.07 Å². The number of nitrogens with zero attached hydrogens (tertiary/aromatic N) is 1. The first-order chi connectivity index (χ1) is 6.06. The fraction of sp³-hybridized carbons (Fsp3) is 0.125. The van der Waals surface area contributed by atoms with Crippen molar-refractivity contribution in [1.29, 1.82) is 5.26 Å². The molecule has 0 aliphatic heterocycles. The first-order valence-electron chi connectivity index (χ1n) is 3.24. The van der Waals surface area contributed by atoms with E-state index in [4.69, 9.17) is 5.26 Å². The third-order valence-corrected chi connectivity index (χ3v) is 1.41. The van der Waals surface area contributed by atoms with Gasteiger partial charge in [-0.3, -0.25) is 0 Å². The summed E-state index contributed by atoms with van der Waals surface area (Å²) < 4.78 is 49.8. The molecule has 0 aliphatic carbocycles. The molecule has 68 valence electrons. The van der Waals surface area contributed by atoms with E-state index in [0.717, 1.165) is 6.07 Å². The van der Waals surface area contributed by atoms with Gasteiger partial charge < -0.3 is 0 Å². The molecule has 1 aromatic carbocycles. The van der Waals surface area contributed by atoms with Gasteiger partial charge in [0, 0.05) is 5.56 Å². The van der Waals surface area contributed by atoms with E-state index in [1.165, 1.54) is 0 Å². The zero-order valence-electron chi connectivity index (χ0n) is 6.19. The van der Waals surface area contributed by atoms with Crippen molar-refractivity contribution in [1.82, 2.24) is 0 Å². The second-order valence-corrected chi connectivity index (χ2v) is 2.29. The Hall–Kier alpha value is -1.57. The van der Waals surface area contributed by atoms with Crippen LogP contribution in [-0.4, -0.2) is 0 Å². The lowest BCUT2D eigenvalue weighted by molar-refractivity contribution is 0.407. The Morgan fingerprint density at radius 2 is 1.62 bits per heavy atom. The first-order valence-corrected chi connectivity index (χ1v) is 3.24. The van der Waals surface area contributed by atoms with Gasteiger partial charge in [-0.15, -0.1) is 0 Å². The summed E-state index contributed by atoms with van der Waals surface area (Å²) in [6, 6.07) is 2.03. The quantitative estimate of drug-likeness (QED) is 0.492. The van der Waals surface area contributed by atoms with Crippen molar-refractivity contribution in [2.75, 3.05) is 0 Å². The van der Waals surface area contributed by atoms with E-state index in [1.807, 2.05) is 0 Å². The number of hydrogen-bond acceptors (Lipinski definition) is 1. The van der Waals surface area contributed by atoms with Gasteiger partial charge in [-0.1, -0.05) is 0 Å². The Morgan fingerprint density at radius 3 is 2.00 bits per heavy atom. The second-order valence-electron chi connectivity index (χ2n) is 2.29. The Kier molecular flexibility index (Phi) is 2.52. The van der Waals surface area contributed by atoms with Crippen LogP contribution in [0.15, 0.2) is 12.1 Å². The molecule has 0 aromatic heterocycles. The van der Waals surface area contributed by atoms with Crippen LogP contribution in [0.5, 0.6) is 0 Å². The van der Waals surface area contributed by atoms with E-state index in [-0.39, 0.29) is 0 Å². The lowest BCUT2D eigenvalue weighted by atomic mass is 10.1. The molecule has 0 heterocycles. The molecule has 0 spiro atoms. The van der Waals surface area contributed by atoms with Gasteiger partial charge in [-0.25, -0.2) is 17.6 Å². The van der Waals surface area contributed by atoms with E-state index >= 15 is 0 Å². The van der Waals surface area contributed by atoms with Gasteiger partial charge in [0.05, 0.1) is 0 Å². The van der Waals surface area contributed by atoms with Crippen molar-refractivity contribution in [3.8, 4) is 6.07 Å². The minimum absolute atomic E-state index is 0.451. The molecule has 1 nitrogen and oxygen atoms in total. The Morgan fingerprint density at radius 1 is 1.15 bits per heavy atom. The minimum Gasteiger partial charge on any atom is -0.226 e. The summed E-state index contributed by atoms with van der Waals surface area (Å²) in [7, 11) is 0. The van der Waals surface area contributed by atoms with Crippen LogP contribution in [-0.2, 0) is 0 Å². The number of benzene rings is 1. The number of hydrogen-bond donors (Lipinski definition) is 0. The van der Waals surface area contributed by atoms with Gasteiger partial charge in [0.25, 0.3) is 0 Å². The van der Waals surface area contributed by atoms with Crippen LogP contribution in [0.3, 0.4) is 0 Å². The van der Waals surface area contributed by atoms with Crippen LogP contribution in [0.25, 0.3) is 0 Å². The second kappa shape index (κ2) is 3.44. The van der Waals surface area contributed by atoms with Gasteiger partial charge in [0.2, 0.25) is 6.17 Å². The van der Waals surface area contributed by atoms with Crippen LogP contribution < -0.4 is 0 Å². The number of halogens is 4. The average molecular weight is 189 g/mol. The Balaban J connectivity index is 3.22. The van der Waals surface area contributed by atoms with Crippen molar-refractivity contribution in [2.45, 2.75) is 6.17 Å². The smallest absolute Gasteiger partial charge is 0.211 e. The highest BCUT2D eigenvalue weighted by molar-refractivity contribution is 5.24. The van der Waals surface area contributed by atoms with Crippen LogP contribution in [0, 0.1) is 28.8 Å². The fourth-order valence-electron chi connectivity index (χ4n) is 0.796. The minimum atomic E-state index is -2.15. The van der Waals surface area contributed by atoms with E-state index in [2.05, 4.69) is 0 Å². The van der Waals surface area contributed by atoms with Gasteiger partial charge in [-0.05, 0) is 12.1 Å². The highest BCUT2D eigenvalue weighted by Crippen LogP contribution is 2.21. The zero-order valence-corrected chi connectivity index (χ0v) is 6.19. The van der Waals surface area contributed by atoms with Gasteiger partial charge in [0.15, 0.2) is 17.5 Å². The standard InChI is InChI=1S/C8H3F4N/c9-5-1-4(7(11)3-13)2-6(10)8(5)12/h1-2,7H. The maximum Gasteiger partial charge on any atom is 0.211 e. The third kappa shape index (κ3) is 1.78. The molecule has 0 amide bonds. The average Bonchev–Trinajstić information content (AvgIpc) is 2.12. The molecule has 13 heavy (non-hydrogen) atoms. The molecular weight excluding hydrogens is 186 g/mol. The summed E-state index contributed by atoms with van der Waals surface area (Å²) in [5.41, 5.74) is -0.529. The Labute approximate surface area is 71.2 Å². The normalized spacial score (nSPS) is 12.2. The van der Waals surface area contributed by atoms with Crippen LogP contribution in [0.1, 0.15) is 11.7 Å². The van der Waals surface area contributed by atoms with Crippen molar-refractivity contribution in [3.05, 3.63) is 35.1 Å². The van der Waals surface area contributed by atoms with Crippen molar-refractivity contribution < 1.29 is 17.6 Å². The molecule has 0 radical (unpaired) electrons. The summed E-state index contributed by atoms with van der Waals surface area (Å²) in [5, 5.41) is 8.08. The van der Waals surface area contributed by atoms with Crippen LogP contribution in [0.4, 0.5) is 17.6 Å². The van der Waals surface area contributed by atoms with E-state index in [9.17, 15) is 17.6 Å². The van der Waals surface area contributed by atoms with E-state index in [1.54, 1.807) is 0 Å². The predicted molar refractivity (Wildman–Crippen MR) is 35.8 cm³/mol. The predicted octanol–water partition coefficient (Wildman–Crippen LogP) is 2.64. The number of rotatable bonds is 1. The zero-order chi connectivity index (χ0) is 10.0. The topological polar surface area (TPSA) is 23.8 Å².